The maximum Gasteiger partial charge on any atom is 0.189 e. The first kappa shape index (κ1) is 11.0. The van der Waals surface area contributed by atoms with Crippen LogP contribution in [0.4, 0.5) is 0 Å². The van der Waals surface area contributed by atoms with E-state index in [1.54, 1.807) is 29.2 Å². The average molecular weight is 261 g/mol. The zero-order chi connectivity index (χ0) is 12.4. The van der Waals surface area contributed by atoms with Gasteiger partial charge in [-0.05, 0) is 24.3 Å². The first-order valence-electron chi connectivity index (χ1n) is 5.35. The minimum absolute atomic E-state index is 0.297. The molecule has 0 aromatic carbocycles. The Balaban J connectivity index is 1.79. The van der Waals surface area contributed by atoms with Gasteiger partial charge in [0.1, 0.15) is 12.4 Å². The smallest absolute Gasteiger partial charge is 0.189 e. The summed E-state index contributed by atoms with van der Waals surface area (Å²) in [5, 5.41) is 4.88. The van der Waals surface area contributed by atoms with Crippen LogP contribution in [0.1, 0.15) is 5.82 Å². The predicted octanol–water partition coefficient (Wildman–Crippen LogP) is 2.36. The van der Waals surface area contributed by atoms with E-state index < -0.39 is 0 Å². The van der Waals surface area contributed by atoms with Crippen molar-refractivity contribution >= 4 is 17.2 Å². The number of ether oxygens (including phenoxy) is 1. The molecule has 3 rings (SSSR count). The van der Waals surface area contributed by atoms with E-state index in [0.29, 0.717) is 23.2 Å². The van der Waals surface area contributed by atoms with E-state index in [1.165, 1.54) is 0 Å². The molecule has 0 aliphatic rings. The lowest BCUT2D eigenvalue weighted by Crippen LogP contribution is -1.98. The van der Waals surface area contributed by atoms with E-state index in [4.69, 9.17) is 16.3 Å². The molecule has 0 aliphatic carbocycles. The van der Waals surface area contributed by atoms with Crippen LogP contribution >= 0.6 is 11.6 Å². The van der Waals surface area contributed by atoms with Crippen LogP contribution in [0.25, 0.3) is 5.65 Å². The van der Waals surface area contributed by atoms with Crippen LogP contribution in [0.3, 0.4) is 0 Å². The van der Waals surface area contributed by atoms with E-state index in [1.807, 2.05) is 18.2 Å². The summed E-state index contributed by atoms with van der Waals surface area (Å²) in [6.45, 7) is 0.297. The summed E-state index contributed by atoms with van der Waals surface area (Å²) >= 11 is 5.87. The summed E-state index contributed by atoms with van der Waals surface area (Å²) in [6, 6.07) is 7.23. The number of hydrogen-bond acceptors (Lipinski definition) is 4. The predicted molar refractivity (Wildman–Crippen MR) is 66.6 cm³/mol. The lowest BCUT2D eigenvalue weighted by atomic mass is 10.5. The average Bonchev–Trinajstić information content (AvgIpc) is 2.79. The summed E-state index contributed by atoms with van der Waals surface area (Å²) in [4.78, 5) is 8.28. The molecule has 0 fully saturated rings. The highest BCUT2D eigenvalue weighted by atomic mass is 35.5. The second-order valence-electron chi connectivity index (χ2n) is 3.66. The number of rotatable bonds is 3. The Morgan fingerprint density at radius 2 is 2.22 bits per heavy atom. The van der Waals surface area contributed by atoms with Gasteiger partial charge in [-0.15, -0.1) is 5.10 Å². The van der Waals surface area contributed by atoms with Crippen LogP contribution in [-0.4, -0.2) is 19.6 Å². The van der Waals surface area contributed by atoms with Gasteiger partial charge < -0.3 is 4.74 Å². The van der Waals surface area contributed by atoms with E-state index in [2.05, 4.69) is 15.1 Å². The van der Waals surface area contributed by atoms with Crippen LogP contribution in [0.2, 0.25) is 5.02 Å². The molecule has 0 atom stereocenters. The fourth-order valence-electron chi connectivity index (χ4n) is 1.55. The minimum Gasteiger partial charge on any atom is -0.484 e. The second-order valence-corrected chi connectivity index (χ2v) is 4.09. The molecule has 18 heavy (non-hydrogen) atoms. The molecule has 0 saturated carbocycles. The van der Waals surface area contributed by atoms with Crippen LogP contribution in [0, 0.1) is 0 Å². The fraction of sp³-hybridized carbons (Fsp3) is 0.0833. The molecule has 0 aliphatic heterocycles. The van der Waals surface area contributed by atoms with Crippen LogP contribution in [0.5, 0.6) is 5.75 Å². The number of pyridine rings is 2. The Morgan fingerprint density at radius 3 is 3.06 bits per heavy atom. The van der Waals surface area contributed by atoms with Crippen molar-refractivity contribution in [1.29, 1.82) is 0 Å². The molecular formula is C12H9ClN4O. The SMILES string of the molecule is Clc1ccc2nc(COc3cccnc3)nn2c1. The number of halogens is 1. The fourth-order valence-corrected chi connectivity index (χ4v) is 1.70. The Bertz CT molecular complexity index is 668. The number of aromatic nitrogens is 4. The third kappa shape index (κ3) is 2.26. The Labute approximate surface area is 108 Å². The summed E-state index contributed by atoms with van der Waals surface area (Å²) < 4.78 is 7.15. The van der Waals surface area contributed by atoms with Gasteiger partial charge in [-0.1, -0.05) is 11.6 Å². The van der Waals surface area contributed by atoms with Crippen molar-refractivity contribution in [3.05, 3.63) is 53.7 Å². The molecule has 3 heterocycles. The third-order valence-corrected chi connectivity index (χ3v) is 2.56. The van der Waals surface area contributed by atoms with Crippen molar-refractivity contribution in [3.8, 4) is 5.75 Å². The number of nitrogens with zero attached hydrogens (tertiary/aromatic N) is 4. The van der Waals surface area contributed by atoms with Crippen molar-refractivity contribution in [2.75, 3.05) is 0 Å². The zero-order valence-corrected chi connectivity index (χ0v) is 10.1. The summed E-state index contributed by atoms with van der Waals surface area (Å²) in [7, 11) is 0. The van der Waals surface area contributed by atoms with Gasteiger partial charge in [0.2, 0.25) is 0 Å². The van der Waals surface area contributed by atoms with Gasteiger partial charge in [-0.25, -0.2) is 9.50 Å². The van der Waals surface area contributed by atoms with E-state index in [9.17, 15) is 0 Å². The molecule has 6 heteroatoms. The van der Waals surface area contributed by atoms with E-state index in [-0.39, 0.29) is 0 Å². The molecule has 3 aromatic heterocycles. The maximum absolute atomic E-state index is 5.87. The highest BCUT2D eigenvalue weighted by molar-refractivity contribution is 6.30. The van der Waals surface area contributed by atoms with Crippen LogP contribution < -0.4 is 4.74 Å². The van der Waals surface area contributed by atoms with Crippen LogP contribution in [0.15, 0.2) is 42.9 Å². The number of hydrogen-bond donors (Lipinski definition) is 0. The second kappa shape index (κ2) is 4.62. The van der Waals surface area contributed by atoms with Crippen molar-refractivity contribution < 1.29 is 4.74 Å². The molecule has 90 valence electrons. The third-order valence-electron chi connectivity index (χ3n) is 2.34. The van der Waals surface area contributed by atoms with Gasteiger partial charge in [0.15, 0.2) is 11.5 Å². The van der Waals surface area contributed by atoms with Gasteiger partial charge in [0.05, 0.1) is 11.2 Å². The normalized spacial score (nSPS) is 10.7. The molecule has 0 amide bonds. The molecule has 5 nitrogen and oxygen atoms in total. The van der Waals surface area contributed by atoms with Gasteiger partial charge >= 0.3 is 0 Å². The van der Waals surface area contributed by atoms with E-state index in [0.717, 1.165) is 5.65 Å². The lowest BCUT2D eigenvalue weighted by molar-refractivity contribution is 0.295. The standard InChI is InChI=1S/C12H9ClN4O/c13-9-3-4-12-15-11(16-17(12)7-9)8-18-10-2-1-5-14-6-10/h1-7H,8H2. The van der Waals surface area contributed by atoms with Gasteiger partial charge in [-0.3, -0.25) is 4.98 Å². The van der Waals surface area contributed by atoms with E-state index >= 15 is 0 Å². The Kier molecular flexibility index (Phi) is 2.82. The molecule has 0 radical (unpaired) electrons. The number of fused-ring (bicyclic) bond motifs is 1. The quantitative estimate of drug-likeness (QED) is 0.725. The minimum atomic E-state index is 0.297. The highest BCUT2D eigenvalue weighted by Gasteiger charge is 2.04. The van der Waals surface area contributed by atoms with Gasteiger partial charge in [0.25, 0.3) is 0 Å². The topological polar surface area (TPSA) is 52.3 Å². The monoisotopic (exact) mass is 260 g/mol. The zero-order valence-electron chi connectivity index (χ0n) is 9.32. The molecule has 0 spiro atoms. The highest BCUT2D eigenvalue weighted by Crippen LogP contribution is 2.11. The molecule has 0 N–H and O–H groups in total. The van der Waals surface area contributed by atoms with Crippen molar-refractivity contribution in [2.45, 2.75) is 6.61 Å². The Hall–Kier alpha value is -2.14. The Morgan fingerprint density at radius 1 is 1.28 bits per heavy atom. The molecule has 0 bridgehead atoms. The lowest BCUT2D eigenvalue weighted by Gasteiger charge is -2.00. The summed E-state index contributed by atoms with van der Waals surface area (Å²) in [5.74, 6) is 1.29. The molecular weight excluding hydrogens is 252 g/mol. The van der Waals surface area contributed by atoms with Gasteiger partial charge in [0, 0.05) is 12.4 Å². The largest absolute Gasteiger partial charge is 0.484 e. The first-order valence-corrected chi connectivity index (χ1v) is 5.73. The van der Waals surface area contributed by atoms with Crippen molar-refractivity contribution in [3.63, 3.8) is 0 Å². The molecule has 3 aromatic rings. The summed E-state index contributed by atoms with van der Waals surface area (Å²) in [5.41, 5.74) is 0.740. The van der Waals surface area contributed by atoms with Crippen molar-refractivity contribution in [1.82, 2.24) is 19.6 Å². The van der Waals surface area contributed by atoms with Crippen molar-refractivity contribution in [2.24, 2.45) is 0 Å². The van der Waals surface area contributed by atoms with Gasteiger partial charge in [-0.2, -0.15) is 0 Å². The molecule has 0 saturated heterocycles. The first-order chi connectivity index (χ1) is 8.81. The maximum atomic E-state index is 5.87. The molecule has 0 unspecified atom stereocenters. The van der Waals surface area contributed by atoms with Crippen LogP contribution in [-0.2, 0) is 6.61 Å². The summed E-state index contributed by atoms with van der Waals surface area (Å²) in [6.07, 6.45) is 5.04.